The number of hydrogen-bond acceptors (Lipinski definition) is 3. The first-order chi connectivity index (χ1) is 14.5. The summed E-state index contributed by atoms with van der Waals surface area (Å²) >= 11 is 0. The van der Waals surface area contributed by atoms with Gasteiger partial charge in [0.25, 0.3) is 0 Å². The minimum Gasteiger partial charge on any atom is -0.303 e. The molecule has 4 heteroatoms. The smallest absolute Gasteiger partial charge is 0.176 e. The molecule has 4 rings (SSSR count). The van der Waals surface area contributed by atoms with E-state index in [1.807, 2.05) is 36.4 Å². The molecule has 0 aromatic heterocycles. The molecule has 3 nitrogen and oxygen atoms in total. The van der Waals surface area contributed by atoms with Crippen LogP contribution in [-0.4, -0.2) is 20.7 Å². The quantitative estimate of drug-likeness (QED) is 0.552. The highest BCUT2D eigenvalue weighted by Gasteiger charge is 2.24. The van der Waals surface area contributed by atoms with Crippen LogP contribution in [-0.2, 0) is 9.84 Å². The maximum Gasteiger partial charge on any atom is 0.176 e. The summed E-state index contributed by atoms with van der Waals surface area (Å²) in [4.78, 5) is 0.377. The van der Waals surface area contributed by atoms with E-state index in [2.05, 4.69) is 35.6 Å². The van der Waals surface area contributed by atoms with Crippen molar-refractivity contribution in [1.29, 1.82) is 0 Å². The fourth-order valence-corrected chi connectivity index (χ4v) is 5.43. The largest absolute Gasteiger partial charge is 0.303 e. The van der Waals surface area contributed by atoms with Gasteiger partial charge in [-0.3, -0.25) is 0 Å². The van der Waals surface area contributed by atoms with Crippen molar-refractivity contribution in [2.75, 3.05) is 6.26 Å². The summed E-state index contributed by atoms with van der Waals surface area (Å²) in [7, 11) is -3.34. The second kappa shape index (κ2) is 9.15. The average Bonchev–Trinajstić information content (AvgIpc) is 2.78. The molecule has 1 fully saturated rings. The van der Waals surface area contributed by atoms with E-state index in [-0.39, 0.29) is 6.04 Å². The number of sulfone groups is 1. The molecule has 0 radical (unpaired) electrons. The number of rotatable bonds is 6. The lowest BCUT2D eigenvalue weighted by molar-refractivity contribution is 0.354. The molecule has 0 saturated heterocycles. The van der Waals surface area contributed by atoms with Gasteiger partial charge in [-0.15, -0.1) is 0 Å². The third-order valence-corrected chi connectivity index (χ3v) is 7.14. The van der Waals surface area contributed by atoms with Crippen molar-refractivity contribution in [3.8, 4) is 11.1 Å². The third kappa shape index (κ3) is 4.66. The van der Waals surface area contributed by atoms with E-state index in [4.69, 9.17) is 0 Å². The highest BCUT2D eigenvalue weighted by atomic mass is 32.2. The Kier molecular flexibility index (Phi) is 6.35. The van der Waals surface area contributed by atoms with E-state index in [9.17, 15) is 8.42 Å². The standard InChI is InChI=1S/C26H29NO2S/c1-30(28,29)25-19-11-10-17-23(25)22-16-8-9-18-24(22)26(20-12-4-2-5-13-20)27-21-14-6-3-7-15-21/h2,4-5,8-13,16-19,21,26-27H,3,6-7,14-15H2,1H3. The van der Waals surface area contributed by atoms with Gasteiger partial charge in [0.05, 0.1) is 10.9 Å². The number of benzene rings is 3. The SMILES string of the molecule is CS(=O)(=O)c1ccccc1-c1ccccc1C(NC1CCCCC1)c1ccccc1. The highest BCUT2D eigenvalue weighted by molar-refractivity contribution is 7.90. The molecule has 30 heavy (non-hydrogen) atoms. The monoisotopic (exact) mass is 419 g/mol. The summed E-state index contributed by atoms with van der Waals surface area (Å²) in [5.41, 5.74) is 4.05. The zero-order valence-corrected chi connectivity index (χ0v) is 18.2. The second-order valence-corrected chi connectivity index (χ2v) is 10.2. The van der Waals surface area contributed by atoms with Crippen molar-refractivity contribution < 1.29 is 8.42 Å². The Labute approximate surface area is 180 Å². The molecular formula is C26H29NO2S. The predicted octanol–water partition coefficient (Wildman–Crippen LogP) is 5.77. The van der Waals surface area contributed by atoms with Gasteiger partial charge in [-0.1, -0.05) is 92.1 Å². The molecular weight excluding hydrogens is 390 g/mol. The van der Waals surface area contributed by atoms with E-state index >= 15 is 0 Å². The van der Waals surface area contributed by atoms with Crippen LogP contribution < -0.4 is 5.32 Å². The summed E-state index contributed by atoms with van der Waals surface area (Å²) < 4.78 is 25.0. The Morgan fingerprint density at radius 2 is 1.37 bits per heavy atom. The molecule has 3 aromatic rings. The zero-order chi connectivity index (χ0) is 21.0. The van der Waals surface area contributed by atoms with Gasteiger partial charge in [-0.2, -0.15) is 0 Å². The fraction of sp³-hybridized carbons (Fsp3) is 0.308. The first-order valence-electron chi connectivity index (χ1n) is 10.7. The molecule has 156 valence electrons. The molecule has 1 atom stereocenters. The maximum absolute atomic E-state index is 12.5. The van der Waals surface area contributed by atoms with Crippen molar-refractivity contribution in [1.82, 2.24) is 5.32 Å². The second-order valence-electron chi connectivity index (χ2n) is 8.20. The fourth-order valence-electron chi connectivity index (χ4n) is 4.52. The predicted molar refractivity (Wildman–Crippen MR) is 123 cm³/mol. The zero-order valence-electron chi connectivity index (χ0n) is 17.4. The Bertz CT molecular complexity index is 1090. The van der Waals surface area contributed by atoms with Crippen LogP contribution in [0.3, 0.4) is 0 Å². The molecule has 1 N–H and O–H groups in total. The maximum atomic E-state index is 12.5. The highest BCUT2D eigenvalue weighted by Crippen LogP contribution is 2.36. The van der Waals surface area contributed by atoms with Crippen molar-refractivity contribution in [2.24, 2.45) is 0 Å². The van der Waals surface area contributed by atoms with Crippen molar-refractivity contribution in [3.05, 3.63) is 90.0 Å². The number of hydrogen-bond donors (Lipinski definition) is 1. The molecule has 0 heterocycles. The Morgan fingerprint density at radius 1 is 0.767 bits per heavy atom. The van der Waals surface area contributed by atoms with E-state index in [0.717, 1.165) is 16.7 Å². The van der Waals surface area contributed by atoms with E-state index < -0.39 is 9.84 Å². The van der Waals surface area contributed by atoms with Gasteiger partial charge in [0.1, 0.15) is 0 Å². The van der Waals surface area contributed by atoms with Crippen LogP contribution in [0.25, 0.3) is 11.1 Å². The van der Waals surface area contributed by atoms with Gasteiger partial charge < -0.3 is 5.32 Å². The topological polar surface area (TPSA) is 46.2 Å². The molecule has 3 aromatic carbocycles. The molecule has 0 aliphatic heterocycles. The minimum atomic E-state index is -3.34. The molecule has 0 bridgehead atoms. The van der Waals surface area contributed by atoms with Gasteiger partial charge in [-0.05, 0) is 35.6 Å². The molecule has 0 spiro atoms. The van der Waals surface area contributed by atoms with Gasteiger partial charge >= 0.3 is 0 Å². The van der Waals surface area contributed by atoms with Crippen LogP contribution in [0.1, 0.15) is 49.3 Å². The number of nitrogens with one attached hydrogen (secondary N) is 1. The van der Waals surface area contributed by atoms with Crippen LogP contribution in [0, 0.1) is 0 Å². The van der Waals surface area contributed by atoms with Gasteiger partial charge in [0.2, 0.25) is 0 Å². The normalized spacial score (nSPS) is 16.3. The van der Waals surface area contributed by atoms with Crippen LogP contribution in [0.15, 0.2) is 83.8 Å². The van der Waals surface area contributed by atoms with E-state index in [1.165, 1.54) is 43.9 Å². The summed E-state index contributed by atoms with van der Waals surface area (Å²) in [6.07, 6.45) is 7.49. The van der Waals surface area contributed by atoms with E-state index in [0.29, 0.717) is 10.9 Å². The van der Waals surface area contributed by atoms with Crippen molar-refractivity contribution >= 4 is 9.84 Å². The molecule has 1 saturated carbocycles. The summed E-state index contributed by atoms with van der Waals surface area (Å²) in [6.45, 7) is 0. The third-order valence-electron chi connectivity index (χ3n) is 5.99. The Hall–Kier alpha value is -2.43. The molecule has 0 amide bonds. The van der Waals surface area contributed by atoms with Crippen LogP contribution in [0.2, 0.25) is 0 Å². The summed E-state index contributed by atoms with van der Waals surface area (Å²) in [5.74, 6) is 0. The minimum absolute atomic E-state index is 0.0121. The van der Waals surface area contributed by atoms with Crippen molar-refractivity contribution in [3.63, 3.8) is 0 Å². The van der Waals surface area contributed by atoms with Crippen LogP contribution >= 0.6 is 0 Å². The van der Waals surface area contributed by atoms with Crippen LogP contribution in [0.5, 0.6) is 0 Å². The molecule has 1 aliphatic carbocycles. The summed E-state index contributed by atoms with van der Waals surface area (Å²) in [5, 5.41) is 3.91. The average molecular weight is 420 g/mol. The van der Waals surface area contributed by atoms with Crippen molar-refractivity contribution in [2.45, 2.75) is 49.1 Å². The van der Waals surface area contributed by atoms with E-state index in [1.54, 1.807) is 12.1 Å². The van der Waals surface area contributed by atoms with Gasteiger partial charge in [-0.25, -0.2) is 8.42 Å². The van der Waals surface area contributed by atoms with Gasteiger partial charge in [0.15, 0.2) is 9.84 Å². The van der Waals surface area contributed by atoms with Crippen LogP contribution in [0.4, 0.5) is 0 Å². The molecule has 1 unspecified atom stereocenters. The van der Waals surface area contributed by atoms with Gasteiger partial charge in [0, 0.05) is 17.9 Å². The lowest BCUT2D eigenvalue weighted by Crippen LogP contribution is -2.35. The Morgan fingerprint density at radius 3 is 2.07 bits per heavy atom. The summed E-state index contributed by atoms with van der Waals surface area (Å²) in [6, 6.07) is 26.5. The lowest BCUT2D eigenvalue weighted by atomic mass is 9.88. The lowest BCUT2D eigenvalue weighted by Gasteiger charge is -2.30. The first kappa shape index (κ1) is 20.8. The Balaban J connectivity index is 1.84. The molecule has 1 aliphatic rings. The first-order valence-corrected chi connectivity index (χ1v) is 12.6.